The molecule has 0 N–H and O–H groups in total. The Morgan fingerprint density at radius 1 is 1.32 bits per heavy atom. The van der Waals surface area contributed by atoms with Crippen LogP contribution in [0.5, 0.6) is 0 Å². The van der Waals surface area contributed by atoms with Crippen LogP contribution in [0.2, 0.25) is 5.02 Å². The number of esters is 1. The fourth-order valence-corrected chi connectivity index (χ4v) is 4.19. The number of ether oxygens (including phenoxy) is 1. The van der Waals surface area contributed by atoms with Crippen molar-refractivity contribution in [2.24, 2.45) is 5.92 Å². The Morgan fingerprint density at radius 2 is 2.04 bits per heavy atom. The molecular formula is C18H19ClN2O3S. The predicted octanol–water partition coefficient (Wildman–Crippen LogP) is 3.80. The molecule has 0 bridgehead atoms. The van der Waals surface area contributed by atoms with Crippen molar-refractivity contribution in [3.8, 4) is 10.6 Å². The zero-order chi connectivity index (χ0) is 18.0. The van der Waals surface area contributed by atoms with Gasteiger partial charge in [0.05, 0.1) is 18.7 Å². The highest BCUT2D eigenvalue weighted by molar-refractivity contribution is 7.17. The summed E-state index contributed by atoms with van der Waals surface area (Å²) in [6.45, 7) is 2.96. The summed E-state index contributed by atoms with van der Waals surface area (Å²) in [4.78, 5) is 31.4. The van der Waals surface area contributed by atoms with Crippen LogP contribution in [0.25, 0.3) is 10.6 Å². The van der Waals surface area contributed by atoms with Gasteiger partial charge in [-0.3, -0.25) is 9.59 Å². The van der Waals surface area contributed by atoms with Crippen molar-refractivity contribution in [1.29, 1.82) is 0 Å². The van der Waals surface area contributed by atoms with Crippen LogP contribution in [0, 0.1) is 12.8 Å². The second kappa shape index (κ2) is 7.54. The molecule has 0 radical (unpaired) electrons. The number of rotatable bonds is 3. The van der Waals surface area contributed by atoms with E-state index in [-0.39, 0.29) is 17.8 Å². The second-order valence-electron chi connectivity index (χ2n) is 6.03. The van der Waals surface area contributed by atoms with Crippen molar-refractivity contribution < 1.29 is 14.3 Å². The van der Waals surface area contributed by atoms with Gasteiger partial charge < -0.3 is 9.64 Å². The van der Waals surface area contributed by atoms with Gasteiger partial charge in [0.2, 0.25) is 0 Å². The van der Waals surface area contributed by atoms with Crippen LogP contribution in [-0.4, -0.2) is 42.0 Å². The Balaban J connectivity index is 1.74. The van der Waals surface area contributed by atoms with Gasteiger partial charge in [-0.15, -0.1) is 11.3 Å². The number of carbonyl (C=O) groups is 2. The van der Waals surface area contributed by atoms with Crippen LogP contribution in [0.4, 0.5) is 0 Å². The van der Waals surface area contributed by atoms with Crippen LogP contribution >= 0.6 is 22.9 Å². The summed E-state index contributed by atoms with van der Waals surface area (Å²) >= 11 is 7.42. The fourth-order valence-electron chi connectivity index (χ4n) is 2.97. The third-order valence-corrected chi connectivity index (χ3v) is 5.81. The van der Waals surface area contributed by atoms with Gasteiger partial charge in [0.25, 0.3) is 5.91 Å². The second-order valence-corrected chi connectivity index (χ2v) is 7.47. The van der Waals surface area contributed by atoms with Crippen LogP contribution in [0.15, 0.2) is 24.3 Å². The number of aromatic nitrogens is 1. The van der Waals surface area contributed by atoms with Crippen LogP contribution in [0.3, 0.4) is 0 Å². The summed E-state index contributed by atoms with van der Waals surface area (Å²) < 4.78 is 4.79. The quantitative estimate of drug-likeness (QED) is 0.762. The maximum atomic E-state index is 12.8. The lowest BCUT2D eigenvalue weighted by Gasteiger charge is -2.30. The molecule has 7 heteroatoms. The number of benzene rings is 1. The third-order valence-electron chi connectivity index (χ3n) is 4.38. The van der Waals surface area contributed by atoms with E-state index in [1.54, 1.807) is 4.90 Å². The number of likely N-dealkylation sites (tertiary alicyclic amines) is 1. The molecule has 0 aliphatic carbocycles. The lowest BCUT2D eigenvalue weighted by molar-refractivity contribution is -0.146. The highest BCUT2D eigenvalue weighted by atomic mass is 35.5. The van der Waals surface area contributed by atoms with Gasteiger partial charge in [0.1, 0.15) is 9.88 Å². The van der Waals surface area contributed by atoms with Crippen molar-refractivity contribution in [3.05, 3.63) is 39.9 Å². The van der Waals surface area contributed by atoms with E-state index < -0.39 is 0 Å². The number of hydrogen-bond acceptors (Lipinski definition) is 5. The molecule has 1 amide bonds. The SMILES string of the molecule is COC(=O)C1CCN(C(=O)c2sc(-c3cccc(Cl)c3)nc2C)CC1. The van der Waals surface area contributed by atoms with Crippen molar-refractivity contribution in [3.63, 3.8) is 0 Å². The van der Waals surface area contributed by atoms with Gasteiger partial charge in [-0.1, -0.05) is 23.7 Å². The van der Waals surface area contributed by atoms with Gasteiger partial charge >= 0.3 is 5.97 Å². The molecule has 0 atom stereocenters. The van der Waals surface area contributed by atoms with Crippen LogP contribution in [-0.2, 0) is 9.53 Å². The molecule has 2 heterocycles. The highest BCUT2D eigenvalue weighted by Crippen LogP contribution is 2.31. The molecule has 1 aromatic carbocycles. The number of aryl methyl sites for hydroxylation is 1. The molecule has 3 rings (SSSR count). The summed E-state index contributed by atoms with van der Waals surface area (Å²) in [5.74, 6) is -0.325. The normalized spacial score (nSPS) is 15.2. The van der Waals surface area contributed by atoms with E-state index in [1.807, 2.05) is 31.2 Å². The van der Waals surface area contributed by atoms with E-state index in [4.69, 9.17) is 16.3 Å². The largest absolute Gasteiger partial charge is 0.469 e. The van der Waals surface area contributed by atoms with E-state index in [0.717, 1.165) is 16.3 Å². The number of thiazole rings is 1. The first-order valence-corrected chi connectivity index (χ1v) is 9.29. The molecule has 1 aromatic heterocycles. The molecule has 0 saturated carbocycles. The van der Waals surface area contributed by atoms with Gasteiger partial charge in [-0.2, -0.15) is 0 Å². The van der Waals surface area contributed by atoms with Crippen molar-refractivity contribution in [2.45, 2.75) is 19.8 Å². The Bertz CT molecular complexity index is 797. The van der Waals surface area contributed by atoms with Crippen LogP contribution < -0.4 is 0 Å². The summed E-state index contributed by atoms with van der Waals surface area (Å²) in [5, 5.41) is 1.43. The maximum absolute atomic E-state index is 12.8. The van der Waals surface area contributed by atoms with Gasteiger partial charge in [-0.25, -0.2) is 4.98 Å². The molecule has 25 heavy (non-hydrogen) atoms. The Labute approximate surface area is 155 Å². The molecule has 0 spiro atoms. The van der Waals surface area contributed by atoms with E-state index in [0.29, 0.717) is 35.8 Å². The minimum atomic E-state index is -0.190. The first kappa shape index (κ1) is 17.9. The molecule has 2 aromatic rings. The summed E-state index contributed by atoms with van der Waals surface area (Å²) in [6, 6.07) is 7.45. The number of hydrogen-bond donors (Lipinski definition) is 0. The van der Waals surface area contributed by atoms with Gasteiger partial charge in [0.15, 0.2) is 0 Å². The number of nitrogens with zero attached hydrogens (tertiary/aromatic N) is 2. The topological polar surface area (TPSA) is 59.5 Å². The molecule has 5 nitrogen and oxygen atoms in total. The third kappa shape index (κ3) is 3.85. The van der Waals surface area contributed by atoms with Crippen molar-refractivity contribution >= 4 is 34.8 Å². The van der Waals surface area contributed by atoms with Crippen LogP contribution in [0.1, 0.15) is 28.2 Å². The molecule has 1 saturated heterocycles. The smallest absolute Gasteiger partial charge is 0.308 e. The van der Waals surface area contributed by atoms with Gasteiger partial charge in [-0.05, 0) is 31.9 Å². The predicted molar refractivity (Wildman–Crippen MR) is 97.9 cm³/mol. The lowest BCUT2D eigenvalue weighted by Crippen LogP contribution is -2.40. The molecular weight excluding hydrogens is 360 g/mol. The highest BCUT2D eigenvalue weighted by Gasteiger charge is 2.30. The maximum Gasteiger partial charge on any atom is 0.308 e. The van der Waals surface area contributed by atoms with E-state index in [2.05, 4.69) is 4.98 Å². The molecule has 1 aliphatic heterocycles. The lowest BCUT2D eigenvalue weighted by atomic mass is 9.97. The molecule has 1 fully saturated rings. The zero-order valence-corrected chi connectivity index (χ0v) is 15.7. The Hall–Kier alpha value is -1.92. The van der Waals surface area contributed by atoms with E-state index in [9.17, 15) is 9.59 Å². The van der Waals surface area contributed by atoms with E-state index >= 15 is 0 Å². The number of halogens is 1. The summed E-state index contributed by atoms with van der Waals surface area (Å²) in [6.07, 6.45) is 1.27. The average Bonchev–Trinajstić information content (AvgIpc) is 3.02. The van der Waals surface area contributed by atoms with E-state index in [1.165, 1.54) is 18.4 Å². The number of methoxy groups -OCH3 is 1. The first-order chi connectivity index (χ1) is 12.0. The molecule has 1 aliphatic rings. The monoisotopic (exact) mass is 378 g/mol. The summed E-state index contributed by atoms with van der Waals surface area (Å²) in [5.41, 5.74) is 1.63. The number of carbonyl (C=O) groups excluding carboxylic acids is 2. The Kier molecular flexibility index (Phi) is 5.39. The van der Waals surface area contributed by atoms with Gasteiger partial charge in [0, 0.05) is 23.7 Å². The zero-order valence-electron chi connectivity index (χ0n) is 14.1. The standard InChI is InChI=1S/C18H19ClN2O3S/c1-11-15(25-16(20-11)13-4-3-5-14(19)10-13)17(22)21-8-6-12(7-9-21)18(23)24-2/h3-5,10,12H,6-9H2,1-2H3. The summed E-state index contributed by atoms with van der Waals surface area (Å²) in [7, 11) is 1.40. The Morgan fingerprint density at radius 3 is 2.68 bits per heavy atom. The first-order valence-electron chi connectivity index (χ1n) is 8.10. The minimum Gasteiger partial charge on any atom is -0.469 e. The fraction of sp³-hybridized carbons (Fsp3) is 0.389. The molecule has 0 unspecified atom stereocenters. The minimum absolute atomic E-state index is 0.0217. The number of amides is 1. The van der Waals surface area contributed by atoms with Crippen molar-refractivity contribution in [2.75, 3.05) is 20.2 Å². The van der Waals surface area contributed by atoms with Crippen molar-refractivity contribution in [1.82, 2.24) is 9.88 Å². The molecule has 132 valence electrons. The number of piperidine rings is 1. The average molecular weight is 379 g/mol.